The Hall–Kier alpha value is -2.11. The Morgan fingerprint density at radius 1 is 0.583 bits per heavy atom. The highest BCUT2D eigenvalue weighted by Crippen LogP contribution is 2.11. The molecule has 1 N–H and O–H groups in total. The minimum atomic E-state index is 1.08. The number of aromatic nitrogens is 2. The maximum Gasteiger partial charge on any atom is 0.0919 e. The van der Waals surface area contributed by atoms with Gasteiger partial charge in [-0.1, -0.05) is 97.3 Å². The number of hydrogen-bond donors (Lipinski definition) is 1. The molecule has 3 heterocycles. The zero-order valence-electron chi connectivity index (χ0n) is 24.2. The molecule has 2 aliphatic rings. The molecule has 0 spiro atoms. The van der Waals surface area contributed by atoms with Crippen LogP contribution in [0.4, 0.5) is 0 Å². The van der Waals surface area contributed by atoms with Crippen LogP contribution in [0.2, 0.25) is 0 Å². The second-order valence-electron chi connectivity index (χ2n) is 10.4. The fraction of sp³-hybridized carbons (Fsp3) is 0.767. The lowest BCUT2D eigenvalue weighted by Crippen LogP contribution is -2.23. The molecule has 6 heteroatoms. The molecule has 6 nitrogen and oxygen atoms in total. The Morgan fingerprint density at radius 3 is 1.28 bits per heavy atom. The van der Waals surface area contributed by atoms with Crippen LogP contribution in [0.3, 0.4) is 0 Å². The summed E-state index contributed by atoms with van der Waals surface area (Å²) < 4.78 is 0. The molecule has 2 aliphatic heterocycles. The highest BCUT2D eigenvalue weighted by Gasteiger charge is 2.07. The third-order valence-electron chi connectivity index (χ3n) is 6.63. The second kappa shape index (κ2) is 23.3. The Bertz CT molecular complexity index is 598. The van der Waals surface area contributed by atoms with Gasteiger partial charge in [0.25, 0.3) is 0 Å². The molecule has 3 rings (SSSR count). The van der Waals surface area contributed by atoms with Gasteiger partial charge in [-0.25, -0.2) is 4.98 Å². The van der Waals surface area contributed by atoms with Crippen molar-refractivity contribution in [2.75, 3.05) is 40.5 Å². The summed E-state index contributed by atoms with van der Waals surface area (Å²) in [6.07, 6.45) is 34.9. The lowest BCUT2D eigenvalue weighted by molar-refractivity contribution is 0.290. The van der Waals surface area contributed by atoms with E-state index in [9.17, 15) is 0 Å². The molecular formula is C30H58N6. The predicted molar refractivity (Wildman–Crippen MR) is 156 cm³/mol. The number of nitrogens with zero attached hydrogens (tertiary/aromatic N) is 5. The number of rotatable bonds is 17. The fourth-order valence-corrected chi connectivity index (χ4v) is 4.40. The maximum absolute atomic E-state index is 3.67. The molecule has 0 aliphatic carbocycles. The third kappa shape index (κ3) is 19.1. The van der Waals surface area contributed by atoms with E-state index in [0.29, 0.717) is 0 Å². The molecule has 0 unspecified atom stereocenters. The first-order valence-electron chi connectivity index (χ1n) is 14.8. The van der Waals surface area contributed by atoms with Gasteiger partial charge in [-0.3, -0.25) is 0 Å². The van der Waals surface area contributed by atoms with Crippen LogP contribution in [0, 0.1) is 0 Å². The average molecular weight is 503 g/mol. The Kier molecular flexibility index (Phi) is 20.7. The monoisotopic (exact) mass is 502 g/mol. The Labute approximate surface area is 223 Å². The van der Waals surface area contributed by atoms with Crippen molar-refractivity contribution in [3.63, 3.8) is 0 Å². The number of nitrogens with one attached hydrogen (secondary N) is 1. The van der Waals surface area contributed by atoms with Crippen molar-refractivity contribution in [3.8, 4) is 0 Å². The molecule has 208 valence electrons. The largest absolute Gasteiger partial charge is 0.362 e. The summed E-state index contributed by atoms with van der Waals surface area (Å²) in [4.78, 5) is 15.7. The van der Waals surface area contributed by atoms with Crippen LogP contribution >= 0.6 is 0 Å². The van der Waals surface area contributed by atoms with E-state index >= 15 is 0 Å². The SMILES string of the molecule is CCCCCCCCCCN1C=CN(C)C1.CCCCCCCCCN1C=CN(C)C1.c1c[nH]cn1. The first-order valence-corrected chi connectivity index (χ1v) is 14.8. The number of imidazole rings is 1. The van der Waals surface area contributed by atoms with Gasteiger partial charge in [0.2, 0.25) is 0 Å². The molecule has 0 bridgehead atoms. The van der Waals surface area contributed by atoms with Crippen LogP contribution in [0.5, 0.6) is 0 Å². The lowest BCUT2D eigenvalue weighted by atomic mass is 10.1. The highest BCUT2D eigenvalue weighted by molar-refractivity contribution is 4.89. The quantitative estimate of drug-likeness (QED) is 0.222. The van der Waals surface area contributed by atoms with Crippen LogP contribution in [0.1, 0.15) is 110 Å². The molecule has 36 heavy (non-hydrogen) atoms. The van der Waals surface area contributed by atoms with Crippen LogP contribution in [-0.4, -0.2) is 70.1 Å². The van der Waals surface area contributed by atoms with Crippen molar-refractivity contribution in [3.05, 3.63) is 43.5 Å². The van der Waals surface area contributed by atoms with E-state index < -0.39 is 0 Å². The minimum Gasteiger partial charge on any atom is -0.362 e. The molecule has 1 aromatic heterocycles. The third-order valence-corrected chi connectivity index (χ3v) is 6.63. The van der Waals surface area contributed by atoms with Crippen molar-refractivity contribution in [1.29, 1.82) is 0 Å². The molecule has 0 saturated heterocycles. The first kappa shape index (κ1) is 31.9. The van der Waals surface area contributed by atoms with Gasteiger partial charge in [0.1, 0.15) is 0 Å². The zero-order chi connectivity index (χ0) is 26.1. The second-order valence-corrected chi connectivity index (χ2v) is 10.4. The lowest BCUT2D eigenvalue weighted by Gasteiger charge is -2.17. The van der Waals surface area contributed by atoms with Crippen molar-refractivity contribution >= 4 is 0 Å². The molecule has 0 saturated carbocycles. The van der Waals surface area contributed by atoms with Gasteiger partial charge in [-0.2, -0.15) is 0 Å². The Morgan fingerprint density at radius 2 is 1.00 bits per heavy atom. The van der Waals surface area contributed by atoms with Gasteiger partial charge in [-0.15, -0.1) is 0 Å². The summed E-state index contributed by atoms with van der Waals surface area (Å²) in [5, 5.41) is 0. The van der Waals surface area contributed by atoms with Crippen LogP contribution in [0.15, 0.2) is 43.5 Å². The predicted octanol–water partition coefficient (Wildman–Crippen LogP) is 7.63. The molecule has 0 fully saturated rings. The Balaban J connectivity index is 0.000000302. The van der Waals surface area contributed by atoms with Crippen molar-refractivity contribution < 1.29 is 0 Å². The van der Waals surface area contributed by atoms with Gasteiger partial charge in [0.05, 0.1) is 19.7 Å². The standard InChI is InChI=1S/C14H28N2.C13H26N2.C3H4N2/c1-3-4-5-6-7-8-9-10-11-16-13-12-15(2)14-16;1-3-4-5-6-7-8-9-10-15-12-11-14(2)13-15;1-2-5-3-4-1/h12-13H,3-11,14H2,1-2H3;11-12H,3-10,13H2,1-2H3;1-3H,(H,4,5). The summed E-state index contributed by atoms with van der Waals surface area (Å²) in [5.41, 5.74) is 0. The highest BCUT2D eigenvalue weighted by atomic mass is 15.3. The summed E-state index contributed by atoms with van der Waals surface area (Å²) in [6.45, 7) is 9.17. The van der Waals surface area contributed by atoms with Gasteiger partial charge in [0, 0.05) is 64.4 Å². The summed E-state index contributed by atoms with van der Waals surface area (Å²) in [7, 11) is 4.26. The van der Waals surface area contributed by atoms with Crippen molar-refractivity contribution in [2.45, 2.75) is 110 Å². The molecule has 0 atom stereocenters. The van der Waals surface area contributed by atoms with Crippen LogP contribution in [-0.2, 0) is 0 Å². The van der Waals surface area contributed by atoms with E-state index in [4.69, 9.17) is 0 Å². The molecule has 0 radical (unpaired) electrons. The van der Waals surface area contributed by atoms with Gasteiger partial charge >= 0.3 is 0 Å². The van der Waals surface area contributed by atoms with E-state index in [0.717, 1.165) is 13.3 Å². The van der Waals surface area contributed by atoms with E-state index in [1.54, 1.807) is 18.7 Å². The molecule has 0 amide bonds. The zero-order valence-corrected chi connectivity index (χ0v) is 24.2. The number of unbranched alkanes of at least 4 members (excludes halogenated alkanes) is 13. The van der Waals surface area contributed by atoms with E-state index in [-0.39, 0.29) is 0 Å². The van der Waals surface area contributed by atoms with Crippen molar-refractivity contribution in [1.82, 2.24) is 29.6 Å². The van der Waals surface area contributed by atoms with Crippen LogP contribution in [0.25, 0.3) is 0 Å². The topological polar surface area (TPSA) is 41.6 Å². The van der Waals surface area contributed by atoms with E-state index in [2.05, 4.69) is 82.3 Å². The maximum atomic E-state index is 3.67. The van der Waals surface area contributed by atoms with Gasteiger partial charge in [-0.05, 0) is 12.8 Å². The summed E-state index contributed by atoms with van der Waals surface area (Å²) >= 11 is 0. The summed E-state index contributed by atoms with van der Waals surface area (Å²) in [6, 6.07) is 0. The normalized spacial score (nSPS) is 14.2. The van der Waals surface area contributed by atoms with Crippen LogP contribution < -0.4 is 0 Å². The minimum absolute atomic E-state index is 1.08. The molecular weight excluding hydrogens is 444 g/mol. The fourth-order valence-electron chi connectivity index (χ4n) is 4.40. The van der Waals surface area contributed by atoms with Gasteiger partial charge in [0.15, 0.2) is 0 Å². The van der Waals surface area contributed by atoms with E-state index in [1.165, 1.54) is 109 Å². The number of H-pyrrole nitrogens is 1. The smallest absolute Gasteiger partial charge is 0.0919 e. The average Bonchev–Trinajstić information content (AvgIpc) is 3.66. The summed E-state index contributed by atoms with van der Waals surface area (Å²) in [5.74, 6) is 0. The molecule has 0 aromatic carbocycles. The first-order chi connectivity index (χ1) is 17.7. The number of aromatic amines is 1. The van der Waals surface area contributed by atoms with Crippen molar-refractivity contribution in [2.24, 2.45) is 0 Å². The number of hydrogen-bond acceptors (Lipinski definition) is 5. The molecule has 1 aromatic rings. The van der Waals surface area contributed by atoms with E-state index in [1.807, 2.05) is 0 Å². The van der Waals surface area contributed by atoms with Gasteiger partial charge < -0.3 is 24.6 Å².